The lowest BCUT2D eigenvalue weighted by atomic mass is 10.0. The predicted octanol–water partition coefficient (Wildman–Crippen LogP) is 2.48. The molecule has 0 N–H and O–H groups in total. The fourth-order valence-corrected chi connectivity index (χ4v) is 1.07. The van der Waals surface area contributed by atoms with E-state index in [1.807, 2.05) is 0 Å². The van der Waals surface area contributed by atoms with Crippen LogP contribution in [0.4, 0.5) is 5.82 Å². The summed E-state index contributed by atoms with van der Waals surface area (Å²) in [6.45, 7) is -10.5. The van der Waals surface area contributed by atoms with Gasteiger partial charge in [0.1, 0.15) is 4.60 Å². The quantitative estimate of drug-likeness (QED) is 0.783. The summed E-state index contributed by atoms with van der Waals surface area (Å²) in [5.74, 6) is -4.26. The number of hydrogen-bond acceptors (Lipinski definition) is 3. The van der Waals surface area contributed by atoms with Gasteiger partial charge in [0.15, 0.2) is 5.82 Å². The largest absolute Gasteiger partial charge is 0.355 e. The summed E-state index contributed by atoms with van der Waals surface area (Å²) in [4.78, 5) is 0.0418. The van der Waals surface area contributed by atoms with Crippen molar-refractivity contribution in [2.45, 2.75) is 19.6 Å². The molecule has 0 radical (unpaired) electrons. The molecule has 0 bridgehead atoms. The van der Waals surface area contributed by atoms with Gasteiger partial charge in [-0.25, -0.2) is 0 Å². The summed E-state index contributed by atoms with van der Waals surface area (Å²) in [5.41, 5.74) is 0. The Morgan fingerprint density at radius 3 is 3.36 bits per heavy atom. The highest BCUT2D eigenvalue weighted by molar-refractivity contribution is 9.10. The monoisotopic (exact) mass is 267 g/mol. The molecule has 0 saturated carbocycles. The minimum atomic E-state index is -3.72. The van der Waals surface area contributed by atoms with E-state index in [0.717, 1.165) is 6.07 Å². The van der Waals surface area contributed by atoms with Crippen molar-refractivity contribution in [3.8, 4) is 0 Å². The van der Waals surface area contributed by atoms with Crippen molar-refractivity contribution >= 4 is 21.7 Å². The summed E-state index contributed by atoms with van der Waals surface area (Å²) in [7, 11) is 0. The molecule has 14 heavy (non-hydrogen) atoms. The molecule has 0 aliphatic carbocycles. The standard InChI is InChI=1S/C10H14BrN3/c1-8-3-2-6-14(7-8)10-5-4-9(11)12-13-10/h4-5,8H,2-3,6-7H2,1H3/i1D3,2D2,3D2,6D2,7D2,8D. The van der Waals surface area contributed by atoms with E-state index in [9.17, 15) is 0 Å². The second kappa shape index (κ2) is 4.26. The smallest absolute Gasteiger partial charge is 0.151 e. The zero-order valence-corrected chi connectivity index (χ0v) is 8.46. The van der Waals surface area contributed by atoms with Crippen molar-refractivity contribution in [2.24, 2.45) is 5.89 Å². The van der Waals surface area contributed by atoms with Crippen LogP contribution in [0.1, 0.15) is 36.0 Å². The van der Waals surface area contributed by atoms with Gasteiger partial charge in [-0.15, -0.1) is 10.2 Å². The molecule has 1 aliphatic rings. The van der Waals surface area contributed by atoms with Gasteiger partial charge in [-0.3, -0.25) is 0 Å². The molecule has 1 fully saturated rings. The van der Waals surface area contributed by atoms with Crippen molar-refractivity contribution < 1.29 is 16.4 Å². The van der Waals surface area contributed by atoms with E-state index in [2.05, 4.69) is 26.1 Å². The third-order valence-electron chi connectivity index (χ3n) is 1.43. The van der Waals surface area contributed by atoms with Crippen LogP contribution in [0.3, 0.4) is 0 Å². The Morgan fingerprint density at radius 1 is 1.71 bits per heavy atom. The summed E-state index contributed by atoms with van der Waals surface area (Å²) < 4.78 is 95.3. The van der Waals surface area contributed by atoms with Gasteiger partial charge in [0.05, 0.1) is 0 Å². The summed E-state index contributed by atoms with van der Waals surface area (Å²) in [6, 6.07) is 2.30. The first-order valence-electron chi connectivity index (χ1n) is 9.67. The lowest BCUT2D eigenvalue weighted by Gasteiger charge is -2.31. The van der Waals surface area contributed by atoms with Crippen LogP contribution >= 0.6 is 15.9 Å². The molecule has 1 saturated heterocycles. The van der Waals surface area contributed by atoms with Gasteiger partial charge in [-0.2, -0.15) is 0 Å². The molecule has 1 unspecified atom stereocenters. The van der Waals surface area contributed by atoms with Gasteiger partial charge >= 0.3 is 0 Å². The molecule has 3 nitrogen and oxygen atoms in total. The number of hydrogen-bond donors (Lipinski definition) is 0. The number of rotatable bonds is 1. The third-order valence-corrected chi connectivity index (χ3v) is 1.85. The second-order valence-electron chi connectivity index (χ2n) is 2.40. The van der Waals surface area contributed by atoms with Gasteiger partial charge in [-0.05, 0) is 46.7 Å². The van der Waals surface area contributed by atoms with Crippen molar-refractivity contribution in [2.75, 3.05) is 17.9 Å². The van der Waals surface area contributed by atoms with Gasteiger partial charge < -0.3 is 4.90 Å². The van der Waals surface area contributed by atoms with Crippen LogP contribution < -0.4 is 4.90 Å². The summed E-state index contributed by atoms with van der Waals surface area (Å²) in [5, 5.41) is 7.10. The Labute approximate surface area is 110 Å². The number of nitrogens with zero attached hydrogens (tertiary/aromatic N) is 3. The third kappa shape index (κ3) is 2.23. The molecule has 1 atom stereocenters. The van der Waals surface area contributed by atoms with Crippen LogP contribution in [0.15, 0.2) is 16.7 Å². The average Bonchev–Trinajstić information content (AvgIpc) is 2.45. The van der Waals surface area contributed by atoms with E-state index in [1.54, 1.807) is 0 Å². The number of aromatic nitrogens is 2. The Balaban J connectivity index is 2.90. The highest BCUT2D eigenvalue weighted by Gasteiger charge is 2.17. The Bertz CT molecular complexity index is 702. The maximum absolute atomic E-state index is 8.21. The zero-order chi connectivity index (χ0) is 20.6. The number of anilines is 1. The molecule has 0 amide bonds. The van der Waals surface area contributed by atoms with Crippen LogP contribution in [-0.4, -0.2) is 23.2 Å². The first-order chi connectivity index (χ1) is 11.4. The van der Waals surface area contributed by atoms with Crippen molar-refractivity contribution in [1.29, 1.82) is 0 Å². The van der Waals surface area contributed by atoms with E-state index in [1.165, 1.54) is 6.07 Å². The molecule has 4 heteroatoms. The average molecular weight is 268 g/mol. The first-order valence-corrected chi connectivity index (χ1v) is 4.46. The fraction of sp³-hybridized carbons (Fsp3) is 0.600. The van der Waals surface area contributed by atoms with Gasteiger partial charge in [0, 0.05) is 29.4 Å². The molecule has 0 spiro atoms. The lowest BCUT2D eigenvalue weighted by molar-refractivity contribution is 0.443. The van der Waals surface area contributed by atoms with E-state index >= 15 is 0 Å². The predicted molar refractivity (Wildman–Crippen MR) is 60.3 cm³/mol. The van der Waals surface area contributed by atoms with Crippen molar-refractivity contribution in [1.82, 2.24) is 10.2 Å². The lowest BCUT2D eigenvalue weighted by Crippen LogP contribution is -2.34. The van der Waals surface area contributed by atoms with Crippen LogP contribution in [-0.2, 0) is 0 Å². The Kier molecular flexibility index (Phi) is 0.893. The summed E-state index contributed by atoms with van der Waals surface area (Å²) >= 11 is 2.98. The highest BCUT2D eigenvalue weighted by Crippen LogP contribution is 2.20. The van der Waals surface area contributed by atoms with Crippen LogP contribution in [0.5, 0.6) is 0 Å². The SMILES string of the molecule is [2H]C([2H])([2H])C1([2H])C([2H])([2H])N(c2ccc(Br)nn2)C([2H])([2H])C([2H])([2H])C1([2H])[2H]. The Morgan fingerprint density at radius 2 is 2.64 bits per heavy atom. The molecular formula is C10H14BrN3. The van der Waals surface area contributed by atoms with Crippen molar-refractivity contribution in [3.63, 3.8) is 0 Å². The fourth-order valence-electron chi connectivity index (χ4n) is 0.857. The molecule has 1 aromatic rings. The van der Waals surface area contributed by atoms with Gasteiger partial charge in [0.2, 0.25) is 0 Å². The molecule has 76 valence electrons. The minimum Gasteiger partial charge on any atom is -0.355 e. The number of piperidine rings is 1. The van der Waals surface area contributed by atoms with Crippen LogP contribution in [0.2, 0.25) is 0 Å². The number of halogens is 1. The maximum atomic E-state index is 8.21. The molecule has 0 aromatic carbocycles. The van der Waals surface area contributed by atoms with Crippen molar-refractivity contribution in [3.05, 3.63) is 16.7 Å². The second-order valence-corrected chi connectivity index (χ2v) is 3.21. The molecule has 1 aromatic heterocycles. The van der Waals surface area contributed by atoms with Gasteiger partial charge in [0.25, 0.3) is 0 Å². The van der Waals surface area contributed by atoms with E-state index in [4.69, 9.17) is 16.4 Å². The van der Waals surface area contributed by atoms with E-state index < -0.39 is 44.3 Å². The molecule has 2 heterocycles. The minimum absolute atomic E-state index is 0.0418. The first kappa shape index (κ1) is 2.94. The van der Waals surface area contributed by atoms with E-state index in [0.29, 0.717) is 0 Å². The van der Waals surface area contributed by atoms with E-state index in [-0.39, 0.29) is 9.50 Å². The van der Waals surface area contributed by atoms with Crippen LogP contribution in [0, 0.1) is 5.89 Å². The maximum Gasteiger partial charge on any atom is 0.151 e. The summed E-state index contributed by atoms with van der Waals surface area (Å²) in [6.07, 6.45) is -7.31. The Hall–Kier alpha value is -0.640. The highest BCUT2D eigenvalue weighted by atomic mass is 79.9. The molecule has 2 rings (SSSR count). The topological polar surface area (TPSA) is 29.0 Å². The molecule has 1 aliphatic heterocycles. The normalized spacial score (nSPS) is 55.6. The molecular weight excluding hydrogens is 242 g/mol. The van der Waals surface area contributed by atoms with Crippen LogP contribution in [0.25, 0.3) is 0 Å². The zero-order valence-electron chi connectivity index (χ0n) is 18.9. The van der Waals surface area contributed by atoms with Gasteiger partial charge in [-0.1, -0.05) is 6.85 Å².